The van der Waals surface area contributed by atoms with Gasteiger partial charge in [0.15, 0.2) is 0 Å². The van der Waals surface area contributed by atoms with Gasteiger partial charge in [0, 0.05) is 20.1 Å². The molecule has 0 radical (unpaired) electrons. The van der Waals surface area contributed by atoms with Gasteiger partial charge in [-0.25, -0.2) is 5.84 Å². The van der Waals surface area contributed by atoms with E-state index in [9.17, 15) is 9.59 Å². The van der Waals surface area contributed by atoms with Crippen molar-refractivity contribution in [1.82, 2.24) is 15.2 Å². The number of rotatable bonds is 4. The summed E-state index contributed by atoms with van der Waals surface area (Å²) < 4.78 is 0. The van der Waals surface area contributed by atoms with Gasteiger partial charge in [0.05, 0.1) is 12.6 Å². The maximum atomic E-state index is 11.8. The van der Waals surface area contributed by atoms with Crippen LogP contribution >= 0.6 is 0 Å². The second-order valence-electron chi connectivity index (χ2n) is 4.45. The van der Waals surface area contributed by atoms with Crippen LogP contribution in [0.3, 0.4) is 0 Å². The van der Waals surface area contributed by atoms with Crippen molar-refractivity contribution in [3.8, 4) is 0 Å². The van der Waals surface area contributed by atoms with Crippen LogP contribution in [0.4, 0.5) is 0 Å². The Morgan fingerprint density at radius 1 is 1.53 bits per heavy atom. The third-order valence-electron chi connectivity index (χ3n) is 3.15. The van der Waals surface area contributed by atoms with Crippen LogP contribution in [0.1, 0.15) is 26.2 Å². The fourth-order valence-electron chi connectivity index (χ4n) is 2.12. The van der Waals surface area contributed by atoms with Crippen molar-refractivity contribution in [3.63, 3.8) is 0 Å². The van der Waals surface area contributed by atoms with Gasteiger partial charge in [0.25, 0.3) is 5.91 Å². The summed E-state index contributed by atoms with van der Waals surface area (Å²) >= 11 is 0. The van der Waals surface area contributed by atoms with E-state index in [1.807, 2.05) is 11.8 Å². The van der Waals surface area contributed by atoms with Gasteiger partial charge in [-0.15, -0.1) is 0 Å². The number of amides is 2. The second-order valence-corrected chi connectivity index (χ2v) is 4.45. The van der Waals surface area contributed by atoms with E-state index in [0.29, 0.717) is 6.54 Å². The van der Waals surface area contributed by atoms with E-state index < -0.39 is 0 Å². The van der Waals surface area contributed by atoms with E-state index in [2.05, 4.69) is 5.43 Å². The van der Waals surface area contributed by atoms with Crippen LogP contribution in [0.25, 0.3) is 0 Å². The molecule has 1 aliphatic heterocycles. The minimum Gasteiger partial charge on any atom is -0.345 e. The number of likely N-dealkylation sites (N-methyl/N-ethyl adjacent to an activating group) is 1. The Bertz CT molecular complexity index is 283. The molecule has 6 nitrogen and oxygen atoms in total. The van der Waals surface area contributed by atoms with Crippen LogP contribution in [0, 0.1) is 0 Å². The minimum atomic E-state index is -0.291. The molecule has 1 saturated heterocycles. The molecule has 2 amide bonds. The number of nitrogens with one attached hydrogen (secondary N) is 1. The molecule has 1 heterocycles. The van der Waals surface area contributed by atoms with Crippen LogP contribution in [-0.2, 0) is 9.59 Å². The number of nitrogens with zero attached hydrogens (tertiary/aromatic N) is 2. The molecule has 0 aliphatic carbocycles. The Morgan fingerprint density at radius 2 is 2.24 bits per heavy atom. The molecule has 1 atom stereocenters. The molecule has 17 heavy (non-hydrogen) atoms. The zero-order chi connectivity index (χ0) is 12.8. The smallest absolute Gasteiger partial charge is 0.251 e. The monoisotopic (exact) mass is 242 g/mol. The topological polar surface area (TPSA) is 78.7 Å². The largest absolute Gasteiger partial charge is 0.345 e. The molecule has 1 fully saturated rings. The lowest BCUT2D eigenvalue weighted by molar-refractivity contribution is -0.132. The van der Waals surface area contributed by atoms with Gasteiger partial charge < -0.3 is 4.90 Å². The summed E-state index contributed by atoms with van der Waals surface area (Å²) in [5.41, 5.74) is 2.19. The third-order valence-corrected chi connectivity index (χ3v) is 3.15. The molecule has 3 N–H and O–H groups in total. The lowest BCUT2D eigenvalue weighted by atomic mass is 10.1. The Kier molecular flexibility index (Phi) is 5.37. The first-order valence-corrected chi connectivity index (χ1v) is 6.08. The molecule has 0 spiro atoms. The molecule has 1 aliphatic rings. The van der Waals surface area contributed by atoms with Gasteiger partial charge >= 0.3 is 0 Å². The Morgan fingerprint density at radius 3 is 2.82 bits per heavy atom. The van der Waals surface area contributed by atoms with Crippen LogP contribution in [0.5, 0.6) is 0 Å². The summed E-state index contributed by atoms with van der Waals surface area (Å²) in [4.78, 5) is 27.1. The van der Waals surface area contributed by atoms with E-state index in [4.69, 9.17) is 5.84 Å². The summed E-state index contributed by atoms with van der Waals surface area (Å²) in [5, 5.41) is 0. The minimum absolute atomic E-state index is 0.0634. The summed E-state index contributed by atoms with van der Waals surface area (Å²) in [7, 11) is 1.80. The van der Waals surface area contributed by atoms with Crippen molar-refractivity contribution in [3.05, 3.63) is 0 Å². The number of hydrogen-bond acceptors (Lipinski definition) is 4. The number of hydrogen-bond donors (Lipinski definition) is 2. The predicted octanol–water partition coefficient (Wildman–Crippen LogP) is -0.691. The van der Waals surface area contributed by atoms with Crippen molar-refractivity contribution in [2.75, 3.05) is 26.7 Å². The van der Waals surface area contributed by atoms with Gasteiger partial charge in [0.2, 0.25) is 5.91 Å². The Labute approximate surface area is 102 Å². The standard InChI is InChI=1S/C11H22N4O2/c1-3-5-9(11(17)13-12)15-7-4-6-14(2)10(16)8-15/h9H,3-8,12H2,1-2H3,(H,13,17). The van der Waals surface area contributed by atoms with Crippen molar-refractivity contribution in [2.24, 2.45) is 5.84 Å². The highest BCUT2D eigenvalue weighted by molar-refractivity contribution is 5.83. The van der Waals surface area contributed by atoms with E-state index in [1.54, 1.807) is 11.9 Å². The number of carbonyl (C=O) groups is 2. The lowest BCUT2D eigenvalue weighted by Crippen LogP contribution is -2.50. The molecule has 98 valence electrons. The maximum Gasteiger partial charge on any atom is 0.251 e. The van der Waals surface area contributed by atoms with Crippen molar-refractivity contribution in [2.45, 2.75) is 32.2 Å². The average molecular weight is 242 g/mol. The van der Waals surface area contributed by atoms with Crippen LogP contribution < -0.4 is 11.3 Å². The lowest BCUT2D eigenvalue weighted by Gasteiger charge is -2.28. The molecular weight excluding hydrogens is 220 g/mol. The third kappa shape index (κ3) is 3.67. The van der Waals surface area contributed by atoms with Gasteiger partial charge in [-0.3, -0.25) is 19.9 Å². The summed E-state index contributed by atoms with van der Waals surface area (Å²) in [6, 6.07) is -0.291. The highest BCUT2D eigenvalue weighted by Crippen LogP contribution is 2.11. The van der Waals surface area contributed by atoms with E-state index in [0.717, 1.165) is 32.4 Å². The van der Waals surface area contributed by atoms with Crippen molar-refractivity contribution < 1.29 is 9.59 Å². The fourth-order valence-corrected chi connectivity index (χ4v) is 2.12. The molecule has 6 heteroatoms. The predicted molar refractivity (Wildman–Crippen MR) is 64.9 cm³/mol. The Hall–Kier alpha value is -1.14. The summed E-state index contributed by atoms with van der Waals surface area (Å²) in [6.45, 7) is 3.82. The first-order chi connectivity index (χ1) is 8.10. The van der Waals surface area contributed by atoms with Gasteiger partial charge in [0.1, 0.15) is 0 Å². The van der Waals surface area contributed by atoms with Crippen molar-refractivity contribution in [1.29, 1.82) is 0 Å². The average Bonchev–Trinajstić information content (AvgIpc) is 2.48. The molecule has 0 aromatic heterocycles. The quantitative estimate of drug-likeness (QED) is 0.388. The molecule has 0 aromatic rings. The fraction of sp³-hybridized carbons (Fsp3) is 0.818. The molecule has 1 unspecified atom stereocenters. The van der Waals surface area contributed by atoms with Crippen LogP contribution in [-0.4, -0.2) is 54.3 Å². The highest BCUT2D eigenvalue weighted by atomic mass is 16.2. The maximum absolute atomic E-state index is 11.8. The molecular formula is C11H22N4O2. The van der Waals surface area contributed by atoms with Gasteiger partial charge in [-0.2, -0.15) is 0 Å². The highest BCUT2D eigenvalue weighted by Gasteiger charge is 2.28. The zero-order valence-electron chi connectivity index (χ0n) is 10.6. The number of nitrogens with two attached hydrogens (primary N) is 1. The molecule has 0 bridgehead atoms. The van der Waals surface area contributed by atoms with Gasteiger partial charge in [-0.05, 0) is 12.8 Å². The summed E-state index contributed by atoms with van der Waals surface area (Å²) in [5.74, 6) is 5.05. The zero-order valence-corrected chi connectivity index (χ0v) is 10.6. The Balaban J connectivity index is 2.72. The summed E-state index contributed by atoms with van der Waals surface area (Å²) in [6.07, 6.45) is 2.50. The normalized spacial score (nSPS) is 19.9. The van der Waals surface area contributed by atoms with Crippen LogP contribution in [0.2, 0.25) is 0 Å². The van der Waals surface area contributed by atoms with Crippen molar-refractivity contribution >= 4 is 11.8 Å². The van der Waals surface area contributed by atoms with E-state index in [-0.39, 0.29) is 17.9 Å². The molecule has 1 rings (SSSR count). The number of carbonyl (C=O) groups excluding carboxylic acids is 2. The van der Waals surface area contributed by atoms with E-state index >= 15 is 0 Å². The van der Waals surface area contributed by atoms with Crippen LogP contribution in [0.15, 0.2) is 0 Å². The molecule has 0 saturated carbocycles. The van der Waals surface area contributed by atoms with E-state index in [1.165, 1.54) is 0 Å². The first kappa shape index (κ1) is 13.9. The number of hydrazine groups is 1. The molecule has 0 aromatic carbocycles. The first-order valence-electron chi connectivity index (χ1n) is 6.08. The van der Waals surface area contributed by atoms with Gasteiger partial charge in [-0.1, -0.05) is 13.3 Å². The second kappa shape index (κ2) is 6.56. The SMILES string of the molecule is CCCC(C(=O)NN)N1CCCN(C)C(=O)C1.